The molecule has 2 saturated heterocycles. The average Bonchev–Trinajstić information content (AvgIpc) is 2.97. The summed E-state index contributed by atoms with van der Waals surface area (Å²) in [7, 11) is 0. The van der Waals surface area contributed by atoms with Crippen molar-refractivity contribution in [3.05, 3.63) is 47.1 Å². The number of ether oxygens (including phenoxy) is 4. The Morgan fingerprint density at radius 2 is 1.42 bits per heavy atom. The van der Waals surface area contributed by atoms with Crippen LogP contribution in [0.15, 0.2) is 47.1 Å². The van der Waals surface area contributed by atoms with Gasteiger partial charge in [0.2, 0.25) is 0 Å². The van der Waals surface area contributed by atoms with Gasteiger partial charge in [0.25, 0.3) is 0 Å². The second kappa shape index (κ2) is 17.9. The molecule has 2 aliphatic rings. The van der Waals surface area contributed by atoms with Crippen molar-refractivity contribution < 1.29 is 54.7 Å². The fourth-order valence-corrected chi connectivity index (χ4v) is 4.87. The summed E-state index contributed by atoms with van der Waals surface area (Å²) in [5.74, 6) is 0. The van der Waals surface area contributed by atoms with Crippen LogP contribution >= 0.6 is 0 Å². The Kier molecular flexibility index (Phi) is 15.7. The predicted octanol–water partition coefficient (Wildman–Crippen LogP) is 1.77. The molecular weight excluding hydrogens is 560 g/mol. The van der Waals surface area contributed by atoms with Gasteiger partial charge in [-0.1, -0.05) is 41.5 Å². The lowest BCUT2D eigenvalue weighted by molar-refractivity contribution is -0.331. The zero-order valence-corrected chi connectivity index (χ0v) is 26.4. The van der Waals surface area contributed by atoms with E-state index in [1.165, 1.54) is 12.5 Å². The summed E-state index contributed by atoms with van der Waals surface area (Å²) in [6.45, 7) is 14.6. The van der Waals surface area contributed by atoms with Crippen LogP contribution in [-0.4, -0.2) is 116 Å². The van der Waals surface area contributed by atoms with E-state index in [0.717, 1.165) is 36.0 Å². The van der Waals surface area contributed by atoms with E-state index >= 15 is 0 Å². The second-order valence-corrected chi connectivity index (χ2v) is 12.0. The van der Waals surface area contributed by atoms with Crippen LogP contribution < -0.4 is 0 Å². The maximum Gasteiger partial charge on any atom is 0.187 e. The van der Waals surface area contributed by atoms with Crippen molar-refractivity contribution >= 4 is 0 Å². The molecule has 0 radical (unpaired) electrons. The lowest BCUT2D eigenvalue weighted by Crippen LogP contribution is -2.61. The molecule has 0 aromatic rings. The molecule has 11 nitrogen and oxygen atoms in total. The monoisotopic (exact) mass is 614 g/mol. The lowest BCUT2D eigenvalue weighted by atomic mass is 9.98. The molecule has 248 valence electrons. The van der Waals surface area contributed by atoms with E-state index in [-0.39, 0.29) is 6.61 Å². The Morgan fingerprint density at radius 1 is 0.814 bits per heavy atom. The van der Waals surface area contributed by atoms with Gasteiger partial charge in [0.1, 0.15) is 42.7 Å². The zero-order valence-electron chi connectivity index (χ0n) is 26.4. The molecular formula is C32H54O11. The summed E-state index contributed by atoms with van der Waals surface area (Å²) in [5, 5.41) is 71.8. The van der Waals surface area contributed by atoms with E-state index in [0.29, 0.717) is 12.8 Å². The Bertz CT molecular complexity index is 963. The zero-order chi connectivity index (χ0) is 32.4. The summed E-state index contributed by atoms with van der Waals surface area (Å²) in [4.78, 5) is 0. The minimum Gasteiger partial charge on any atom is -0.389 e. The molecule has 0 bridgehead atoms. The Hall–Kier alpha value is -1.48. The van der Waals surface area contributed by atoms with Gasteiger partial charge in [-0.2, -0.15) is 0 Å². The number of hydrogen-bond donors (Lipinski definition) is 7. The molecule has 0 aliphatic carbocycles. The van der Waals surface area contributed by atoms with E-state index in [2.05, 4.69) is 25.7 Å². The highest BCUT2D eigenvalue weighted by Gasteiger charge is 2.47. The van der Waals surface area contributed by atoms with Gasteiger partial charge in [-0.15, -0.1) is 0 Å². The first-order valence-corrected chi connectivity index (χ1v) is 15.1. The highest BCUT2D eigenvalue weighted by Crippen LogP contribution is 2.28. The van der Waals surface area contributed by atoms with Crippen molar-refractivity contribution in [1.82, 2.24) is 0 Å². The molecule has 0 aromatic heterocycles. The molecule has 2 rings (SSSR count). The van der Waals surface area contributed by atoms with Crippen molar-refractivity contribution in [3.63, 3.8) is 0 Å². The SMILES string of the molecule is C=C(C)C(O)CC/C(C)=C/CC/C(C)=C/CC(O[C@@H]1O[C@H](CO[C@@H]2O[C@@H](C)[C@@H](O)[C@@H](O)[C@@H]2O)[C@@H](O)[C@H](O)[C@H]1O)/C(C)=C\C. The lowest BCUT2D eigenvalue weighted by Gasteiger charge is -2.43. The smallest absolute Gasteiger partial charge is 0.187 e. The predicted molar refractivity (Wildman–Crippen MR) is 161 cm³/mol. The third kappa shape index (κ3) is 11.1. The van der Waals surface area contributed by atoms with E-state index in [9.17, 15) is 35.7 Å². The standard InChI is InChI=1S/C32H54O11/c1-8-20(6)23(15-13-19(5)11-9-10-18(4)12-14-22(33)17(2)3)42-32-30(39)28(37)26(35)24(43-32)16-40-31-29(38)27(36)25(34)21(7)41-31/h8,10,13,21-39H,2,9,11-12,14-16H2,1,3-7H3/b18-10+,19-13+,20-8-/t21-,22?,23?,24+,25+,26+,27+,28-,29-,30+,31+,32+/m0/s1. The highest BCUT2D eigenvalue weighted by atomic mass is 16.7. The van der Waals surface area contributed by atoms with Gasteiger partial charge in [-0.25, -0.2) is 0 Å². The van der Waals surface area contributed by atoms with Crippen LogP contribution in [0.5, 0.6) is 0 Å². The van der Waals surface area contributed by atoms with Crippen LogP contribution in [-0.2, 0) is 18.9 Å². The second-order valence-electron chi connectivity index (χ2n) is 12.0. The molecule has 2 unspecified atom stereocenters. The maximum absolute atomic E-state index is 10.7. The summed E-state index contributed by atoms with van der Waals surface area (Å²) >= 11 is 0. The Labute approximate surface area is 255 Å². The molecule has 43 heavy (non-hydrogen) atoms. The van der Waals surface area contributed by atoms with Gasteiger partial charge in [0.15, 0.2) is 12.6 Å². The van der Waals surface area contributed by atoms with E-state index in [1.54, 1.807) is 0 Å². The van der Waals surface area contributed by atoms with Gasteiger partial charge < -0.3 is 54.7 Å². The summed E-state index contributed by atoms with van der Waals surface area (Å²) in [6.07, 6.45) is -4.70. The molecule has 0 spiro atoms. The van der Waals surface area contributed by atoms with Crippen LogP contribution in [0.2, 0.25) is 0 Å². The highest BCUT2D eigenvalue weighted by molar-refractivity contribution is 5.10. The van der Waals surface area contributed by atoms with E-state index in [1.807, 2.05) is 33.8 Å². The molecule has 0 saturated carbocycles. The van der Waals surface area contributed by atoms with E-state index < -0.39 is 73.6 Å². The van der Waals surface area contributed by atoms with Crippen molar-refractivity contribution in [1.29, 1.82) is 0 Å². The average molecular weight is 615 g/mol. The Balaban J connectivity index is 1.98. The van der Waals surface area contributed by atoms with E-state index in [4.69, 9.17) is 18.9 Å². The van der Waals surface area contributed by atoms with Crippen LogP contribution in [0.25, 0.3) is 0 Å². The fraction of sp³-hybridized carbons (Fsp3) is 0.750. The molecule has 2 fully saturated rings. The molecule has 7 N–H and O–H groups in total. The quantitative estimate of drug-likeness (QED) is 0.134. The Morgan fingerprint density at radius 3 is 2.05 bits per heavy atom. The molecule has 0 aromatic carbocycles. The molecule has 0 amide bonds. The van der Waals surface area contributed by atoms with Crippen molar-refractivity contribution in [2.45, 2.75) is 147 Å². The number of aliphatic hydroxyl groups excluding tert-OH is 7. The summed E-state index contributed by atoms with van der Waals surface area (Å²) < 4.78 is 22.9. The van der Waals surface area contributed by atoms with Gasteiger partial charge >= 0.3 is 0 Å². The third-order valence-corrected chi connectivity index (χ3v) is 8.26. The van der Waals surface area contributed by atoms with Gasteiger partial charge in [0.05, 0.1) is 24.9 Å². The molecule has 2 heterocycles. The van der Waals surface area contributed by atoms with Gasteiger partial charge in [0, 0.05) is 0 Å². The normalized spacial score (nSPS) is 36.0. The van der Waals surface area contributed by atoms with Gasteiger partial charge in [-0.05, 0) is 79.2 Å². The third-order valence-electron chi connectivity index (χ3n) is 8.26. The summed E-state index contributed by atoms with van der Waals surface area (Å²) in [5.41, 5.74) is 4.03. The minimum absolute atomic E-state index is 0.354. The molecule has 2 aliphatic heterocycles. The fourth-order valence-electron chi connectivity index (χ4n) is 4.87. The molecule has 12 atom stereocenters. The van der Waals surface area contributed by atoms with Crippen LogP contribution in [0.4, 0.5) is 0 Å². The molecule has 11 heteroatoms. The minimum atomic E-state index is -1.59. The largest absolute Gasteiger partial charge is 0.389 e. The van der Waals surface area contributed by atoms with Gasteiger partial charge in [-0.3, -0.25) is 0 Å². The van der Waals surface area contributed by atoms with Crippen LogP contribution in [0.3, 0.4) is 0 Å². The first kappa shape index (κ1) is 37.7. The summed E-state index contributed by atoms with van der Waals surface area (Å²) in [6, 6.07) is 0. The first-order chi connectivity index (χ1) is 20.2. The van der Waals surface area contributed by atoms with Crippen molar-refractivity contribution in [2.75, 3.05) is 6.61 Å². The number of aliphatic hydroxyl groups is 7. The number of rotatable bonds is 15. The van der Waals surface area contributed by atoms with Crippen molar-refractivity contribution in [3.8, 4) is 0 Å². The van der Waals surface area contributed by atoms with Crippen molar-refractivity contribution in [2.24, 2.45) is 0 Å². The maximum atomic E-state index is 10.7. The first-order valence-electron chi connectivity index (χ1n) is 15.1. The number of hydrogen-bond acceptors (Lipinski definition) is 11. The topological polar surface area (TPSA) is 179 Å². The van der Waals surface area contributed by atoms with Crippen LogP contribution in [0.1, 0.15) is 73.6 Å². The number of allylic oxidation sites excluding steroid dienone is 4. The van der Waals surface area contributed by atoms with Crippen LogP contribution in [0, 0.1) is 0 Å².